The molecule has 1 aromatic rings. The molecule has 3 N–H and O–H groups in total. The van der Waals surface area contributed by atoms with Crippen molar-refractivity contribution in [1.29, 1.82) is 0 Å². The van der Waals surface area contributed by atoms with E-state index in [0.29, 0.717) is 5.92 Å². The standard InChI is InChI=1S/C10H17BrN2S/c1-3-7(4-2)10(13-12)8-5-9(11)14-6-8/h5-7,10,13H,3-4,12H2,1-2H3. The third-order valence-electron chi connectivity index (χ3n) is 2.65. The van der Waals surface area contributed by atoms with Crippen molar-refractivity contribution in [3.63, 3.8) is 0 Å². The van der Waals surface area contributed by atoms with Gasteiger partial charge in [-0.25, -0.2) is 0 Å². The number of thiophene rings is 1. The Balaban J connectivity index is 2.80. The first-order chi connectivity index (χ1) is 6.72. The minimum atomic E-state index is 0.285. The number of nitrogens with one attached hydrogen (secondary N) is 1. The fourth-order valence-corrected chi connectivity index (χ4v) is 2.96. The highest BCUT2D eigenvalue weighted by atomic mass is 79.9. The quantitative estimate of drug-likeness (QED) is 0.639. The molecule has 0 fully saturated rings. The van der Waals surface area contributed by atoms with Gasteiger partial charge in [0.1, 0.15) is 0 Å². The largest absolute Gasteiger partial charge is 0.271 e. The van der Waals surface area contributed by atoms with Gasteiger partial charge in [-0.15, -0.1) is 11.3 Å². The Morgan fingerprint density at radius 1 is 1.50 bits per heavy atom. The third kappa shape index (κ3) is 2.79. The Kier molecular flexibility index (Phi) is 5.09. The average molecular weight is 277 g/mol. The van der Waals surface area contributed by atoms with Crippen LogP contribution in [-0.4, -0.2) is 0 Å². The molecule has 0 aliphatic heterocycles. The van der Waals surface area contributed by atoms with Crippen molar-refractivity contribution in [3.05, 3.63) is 20.8 Å². The zero-order chi connectivity index (χ0) is 10.6. The highest BCUT2D eigenvalue weighted by Gasteiger charge is 2.19. The molecule has 0 saturated heterocycles. The van der Waals surface area contributed by atoms with Gasteiger partial charge in [0.05, 0.1) is 3.79 Å². The third-order valence-corrected chi connectivity index (χ3v) is 4.17. The van der Waals surface area contributed by atoms with Crippen molar-refractivity contribution >= 4 is 27.3 Å². The number of nitrogens with two attached hydrogens (primary N) is 1. The van der Waals surface area contributed by atoms with Gasteiger partial charge < -0.3 is 0 Å². The monoisotopic (exact) mass is 276 g/mol. The number of hydrogen-bond donors (Lipinski definition) is 2. The van der Waals surface area contributed by atoms with E-state index in [0.717, 1.165) is 12.8 Å². The molecule has 0 amide bonds. The van der Waals surface area contributed by atoms with Crippen LogP contribution in [0.2, 0.25) is 0 Å². The molecule has 0 bridgehead atoms. The lowest BCUT2D eigenvalue weighted by Crippen LogP contribution is -2.32. The van der Waals surface area contributed by atoms with E-state index >= 15 is 0 Å². The van der Waals surface area contributed by atoms with Gasteiger partial charge >= 0.3 is 0 Å². The lowest BCUT2D eigenvalue weighted by Gasteiger charge is -2.23. The van der Waals surface area contributed by atoms with Crippen LogP contribution in [-0.2, 0) is 0 Å². The maximum Gasteiger partial charge on any atom is 0.0701 e. The van der Waals surface area contributed by atoms with E-state index in [-0.39, 0.29) is 6.04 Å². The minimum Gasteiger partial charge on any atom is -0.271 e. The summed E-state index contributed by atoms with van der Waals surface area (Å²) in [5.74, 6) is 6.22. The lowest BCUT2D eigenvalue weighted by molar-refractivity contribution is 0.346. The van der Waals surface area contributed by atoms with Crippen LogP contribution in [0.15, 0.2) is 15.2 Å². The van der Waals surface area contributed by atoms with Crippen LogP contribution >= 0.6 is 27.3 Å². The van der Waals surface area contributed by atoms with E-state index < -0.39 is 0 Å². The highest BCUT2D eigenvalue weighted by Crippen LogP contribution is 2.31. The van der Waals surface area contributed by atoms with Crippen LogP contribution in [0.5, 0.6) is 0 Å². The zero-order valence-corrected chi connectivity index (χ0v) is 11.0. The van der Waals surface area contributed by atoms with E-state index in [4.69, 9.17) is 5.84 Å². The molecule has 4 heteroatoms. The molecular weight excluding hydrogens is 260 g/mol. The normalized spacial score (nSPS) is 13.5. The summed E-state index contributed by atoms with van der Waals surface area (Å²) in [7, 11) is 0. The molecule has 2 nitrogen and oxygen atoms in total. The Morgan fingerprint density at radius 2 is 2.14 bits per heavy atom. The molecule has 1 rings (SSSR count). The summed E-state index contributed by atoms with van der Waals surface area (Å²) in [6.07, 6.45) is 2.30. The van der Waals surface area contributed by atoms with Crippen molar-refractivity contribution in [2.45, 2.75) is 32.7 Å². The van der Waals surface area contributed by atoms with Gasteiger partial charge in [0.25, 0.3) is 0 Å². The predicted molar refractivity (Wildman–Crippen MR) is 66.2 cm³/mol. The molecule has 0 saturated carbocycles. The van der Waals surface area contributed by atoms with Gasteiger partial charge in [-0.05, 0) is 38.9 Å². The molecule has 0 radical (unpaired) electrons. The van der Waals surface area contributed by atoms with Crippen molar-refractivity contribution in [2.75, 3.05) is 0 Å². The van der Waals surface area contributed by atoms with Gasteiger partial charge in [0.2, 0.25) is 0 Å². The van der Waals surface area contributed by atoms with Crippen molar-refractivity contribution < 1.29 is 0 Å². The van der Waals surface area contributed by atoms with Gasteiger partial charge in [-0.2, -0.15) is 0 Å². The van der Waals surface area contributed by atoms with Crippen LogP contribution in [0.3, 0.4) is 0 Å². The first-order valence-corrected chi connectivity index (χ1v) is 6.60. The second-order valence-electron chi connectivity index (χ2n) is 3.41. The Morgan fingerprint density at radius 3 is 2.50 bits per heavy atom. The van der Waals surface area contributed by atoms with E-state index in [1.807, 2.05) is 0 Å². The fourth-order valence-electron chi connectivity index (χ4n) is 1.75. The molecule has 1 aromatic heterocycles. The molecule has 14 heavy (non-hydrogen) atoms. The molecular formula is C10H17BrN2S. The Bertz CT molecular complexity index is 271. The van der Waals surface area contributed by atoms with E-state index in [9.17, 15) is 0 Å². The van der Waals surface area contributed by atoms with Gasteiger partial charge in [0.15, 0.2) is 0 Å². The van der Waals surface area contributed by atoms with Crippen LogP contribution in [0.1, 0.15) is 38.3 Å². The summed E-state index contributed by atoms with van der Waals surface area (Å²) >= 11 is 5.18. The molecule has 1 unspecified atom stereocenters. The molecule has 1 heterocycles. The summed E-state index contributed by atoms with van der Waals surface area (Å²) in [5, 5.41) is 2.16. The van der Waals surface area contributed by atoms with E-state index in [2.05, 4.69) is 46.6 Å². The summed E-state index contributed by atoms with van der Waals surface area (Å²) in [4.78, 5) is 0. The van der Waals surface area contributed by atoms with E-state index in [1.165, 1.54) is 9.35 Å². The van der Waals surface area contributed by atoms with Crippen LogP contribution in [0.4, 0.5) is 0 Å². The predicted octanol–water partition coefficient (Wildman–Crippen LogP) is 3.45. The smallest absolute Gasteiger partial charge is 0.0701 e. The second kappa shape index (κ2) is 5.85. The molecule has 0 aliphatic rings. The topological polar surface area (TPSA) is 38.0 Å². The maximum atomic E-state index is 5.61. The van der Waals surface area contributed by atoms with Crippen LogP contribution in [0, 0.1) is 5.92 Å². The van der Waals surface area contributed by atoms with Gasteiger partial charge in [-0.1, -0.05) is 26.7 Å². The lowest BCUT2D eigenvalue weighted by atomic mass is 9.91. The van der Waals surface area contributed by atoms with Crippen molar-refractivity contribution in [1.82, 2.24) is 5.43 Å². The maximum absolute atomic E-state index is 5.61. The summed E-state index contributed by atoms with van der Waals surface area (Å²) < 4.78 is 1.17. The molecule has 0 spiro atoms. The Hall–Kier alpha value is 0.100. The summed E-state index contributed by atoms with van der Waals surface area (Å²) in [6.45, 7) is 4.42. The second-order valence-corrected chi connectivity index (χ2v) is 5.70. The first-order valence-electron chi connectivity index (χ1n) is 4.92. The summed E-state index contributed by atoms with van der Waals surface area (Å²) in [5.41, 5.74) is 4.21. The number of halogens is 1. The highest BCUT2D eigenvalue weighted by molar-refractivity contribution is 9.11. The van der Waals surface area contributed by atoms with Gasteiger partial charge in [0, 0.05) is 6.04 Å². The average Bonchev–Trinajstić information content (AvgIpc) is 2.60. The molecule has 1 atom stereocenters. The number of hydrazine groups is 1. The number of rotatable bonds is 5. The molecule has 80 valence electrons. The SMILES string of the molecule is CCC(CC)C(NN)c1csc(Br)c1. The van der Waals surface area contributed by atoms with Crippen molar-refractivity contribution in [3.8, 4) is 0 Å². The Labute approximate surface area is 98.0 Å². The van der Waals surface area contributed by atoms with Crippen molar-refractivity contribution in [2.24, 2.45) is 11.8 Å². The van der Waals surface area contributed by atoms with E-state index in [1.54, 1.807) is 11.3 Å². The zero-order valence-electron chi connectivity index (χ0n) is 8.59. The van der Waals surface area contributed by atoms with Crippen LogP contribution < -0.4 is 11.3 Å². The number of hydrogen-bond acceptors (Lipinski definition) is 3. The first kappa shape index (κ1) is 12.2. The molecule has 0 aromatic carbocycles. The van der Waals surface area contributed by atoms with Crippen LogP contribution in [0.25, 0.3) is 0 Å². The molecule has 0 aliphatic carbocycles. The minimum absolute atomic E-state index is 0.285. The fraction of sp³-hybridized carbons (Fsp3) is 0.600. The van der Waals surface area contributed by atoms with Gasteiger partial charge in [-0.3, -0.25) is 11.3 Å². The summed E-state index contributed by atoms with van der Waals surface area (Å²) in [6, 6.07) is 2.43.